The van der Waals surface area contributed by atoms with E-state index < -0.39 is 17.8 Å². The summed E-state index contributed by atoms with van der Waals surface area (Å²) in [5, 5.41) is 12.6. The zero-order chi connectivity index (χ0) is 13.9. The molecule has 0 aliphatic heterocycles. The van der Waals surface area contributed by atoms with Gasteiger partial charge in [0, 0.05) is 16.6 Å². The number of benzene rings is 1. The third-order valence-corrected chi connectivity index (χ3v) is 3.03. The van der Waals surface area contributed by atoms with Crippen LogP contribution < -0.4 is 10.1 Å². The van der Waals surface area contributed by atoms with Gasteiger partial charge >= 0.3 is 6.18 Å². The van der Waals surface area contributed by atoms with Crippen molar-refractivity contribution in [2.24, 2.45) is 0 Å². The normalized spacial score (nSPS) is 13.5. The minimum Gasteiger partial charge on any atom is -0.496 e. The lowest BCUT2D eigenvalue weighted by Gasteiger charge is -2.18. The number of aliphatic hydroxyl groups is 1. The van der Waals surface area contributed by atoms with Crippen LogP contribution in [0.25, 0.3) is 0 Å². The van der Waals surface area contributed by atoms with Gasteiger partial charge < -0.3 is 15.2 Å². The van der Waals surface area contributed by atoms with Gasteiger partial charge in [0.25, 0.3) is 0 Å². The molecule has 2 N–H and O–H groups in total. The Bertz CT molecular complexity index is 423. The predicted octanol–water partition coefficient (Wildman–Crippen LogP) is 2.73. The minimum atomic E-state index is -4.46. The highest BCUT2D eigenvalue weighted by atomic mass is 79.9. The van der Waals surface area contributed by atoms with Crippen LogP contribution in [-0.4, -0.2) is 25.8 Å². The van der Waals surface area contributed by atoms with Crippen LogP contribution in [0.2, 0.25) is 0 Å². The van der Waals surface area contributed by atoms with Crippen molar-refractivity contribution in [1.82, 2.24) is 5.32 Å². The molecule has 1 aromatic carbocycles. The van der Waals surface area contributed by atoms with E-state index >= 15 is 0 Å². The van der Waals surface area contributed by atoms with Gasteiger partial charge in [0.05, 0.1) is 18.8 Å². The van der Waals surface area contributed by atoms with Crippen molar-refractivity contribution in [2.45, 2.75) is 12.3 Å². The van der Waals surface area contributed by atoms with Crippen molar-refractivity contribution < 1.29 is 23.0 Å². The molecular weight excluding hydrogens is 315 g/mol. The van der Waals surface area contributed by atoms with Crippen LogP contribution in [0.1, 0.15) is 17.2 Å². The predicted molar refractivity (Wildman–Crippen MR) is 64.6 cm³/mol. The third-order valence-electron chi connectivity index (χ3n) is 2.37. The molecule has 3 nitrogen and oxygen atoms in total. The van der Waals surface area contributed by atoms with E-state index in [1.54, 1.807) is 7.05 Å². The van der Waals surface area contributed by atoms with Crippen LogP contribution in [0.15, 0.2) is 16.6 Å². The van der Waals surface area contributed by atoms with Crippen LogP contribution in [0.5, 0.6) is 5.75 Å². The molecular formula is C11H13BrF3NO2. The van der Waals surface area contributed by atoms with Crippen molar-refractivity contribution in [1.29, 1.82) is 0 Å². The number of nitrogens with one attached hydrogen (secondary N) is 1. The summed E-state index contributed by atoms with van der Waals surface area (Å²) in [6, 6.07) is 1.80. The fraction of sp³-hybridized carbons (Fsp3) is 0.455. The van der Waals surface area contributed by atoms with Gasteiger partial charge in [-0.1, -0.05) is 15.9 Å². The number of rotatable bonds is 4. The first-order valence-electron chi connectivity index (χ1n) is 5.08. The average molecular weight is 328 g/mol. The fourth-order valence-corrected chi connectivity index (χ4v) is 2.25. The van der Waals surface area contributed by atoms with E-state index in [4.69, 9.17) is 4.74 Å². The van der Waals surface area contributed by atoms with Crippen molar-refractivity contribution in [3.63, 3.8) is 0 Å². The smallest absolute Gasteiger partial charge is 0.416 e. The minimum absolute atomic E-state index is 0.000509. The third kappa shape index (κ3) is 3.37. The summed E-state index contributed by atoms with van der Waals surface area (Å²) in [7, 11) is 2.89. The molecule has 0 fully saturated rings. The van der Waals surface area contributed by atoms with Crippen LogP contribution in [-0.2, 0) is 6.18 Å². The number of halogens is 4. The standard InChI is InChI=1S/C11H13BrF3NO2/c1-16-5-8(17)10-7(12)3-6(11(13,14)15)4-9(10)18-2/h3-4,8,16-17H,5H2,1-2H3. The Morgan fingerprint density at radius 1 is 1.44 bits per heavy atom. The van der Waals surface area contributed by atoms with Crippen molar-refractivity contribution >= 4 is 15.9 Å². The summed E-state index contributed by atoms with van der Waals surface area (Å²) in [5.74, 6) is -0.000509. The highest BCUT2D eigenvalue weighted by Gasteiger charge is 2.33. The molecule has 1 aromatic rings. The monoisotopic (exact) mass is 327 g/mol. The summed E-state index contributed by atoms with van der Waals surface area (Å²) >= 11 is 3.03. The second kappa shape index (κ2) is 5.90. The molecule has 0 bridgehead atoms. The van der Waals surface area contributed by atoms with Crippen LogP contribution in [0.3, 0.4) is 0 Å². The van der Waals surface area contributed by atoms with Gasteiger partial charge in [-0.05, 0) is 19.2 Å². The molecule has 0 aromatic heterocycles. The topological polar surface area (TPSA) is 41.5 Å². The summed E-state index contributed by atoms with van der Waals surface area (Å²) < 4.78 is 42.9. The van der Waals surface area contributed by atoms with Crippen LogP contribution in [0.4, 0.5) is 13.2 Å². The maximum absolute atomic E-state index is 12.6. The molecule has 18 heavy (non-hydrogen) atoms. The maximum atomic E-state index is 12.6. The number of ether oxygens (including phenoxy) is 1. The second-order valence-corrected chi connectivity index (χ2v) is 4.50. The zero-order valence-electron chi connectivity index (χ0n) is 9.81. The summed E-state index contributed by atoms with van der Waals surface area (Å²) in [6.07, 6.45) is -5.41. The van der Waals surface area contributed by atoms with E-state index in [2.05, 4.69) is 21.2 Å². The summed E-state index contributed by atoms with van der Waals surface area (Å²) in [6.45, 7) is 0.209. The van der Waals surface area contributed by atoms with Gasteiger partial charge in [0.2, 0.25) is 0 Å². The molecule has 0 heterocycles. The SMILES string of the molecule is CNCC(O)c1c(Br)cc(C(F)(F)F)cc1OC. The Hall–Kier alpha value is -0.790. The van der Waals surface area contributed by atoms with Gasteiger partial charge in [-0.3, -0.25) is 0 Å². The fourth-order valence-electron chi connectivity index (χ4n) is 1.54. The lowest BCUT2D eigenvalue weighted by molar-refractivity contribution is -0.137. The highest BCUT2D eigenvalue weighted by molar-refractivity contribution is 9.10. The maximum Gasteiger partial charge on any atom is 0.416 e. The molecule has 1 rings (SSSR count). The van der Waals surface area contributed by atoms with E-state index in [0.717, 1.165) is 12.1 Å². The van der Waals surface area contributed by atoms with Gasteiger partial charge in [-0.15, -0.1) is 0 Å². The number of alkyl halides is 3. The number of methoxy groups -OCH3 is 1. The molecule has 0 saturated heterocycles. The Balaban J connectivity index is 3.28. The molecule has 102 valence electrons. The molecule has 0 saturated carbocycles. The molecule has 7 heteroatoms. The largest absolute Gasteiger partial charge is 0.496 e. The van der Waals surface area contributed by atoms with E-state index in [1.807, 2.05) is 0 Å². The van der Waals surface area contributed by atoms with Gasteiger partial charge in [0.1, 0.15) is 5.75 Å². The zero-order valence-corrected chi connectivity index (χ0v) is 11.4. The molecule has 0 amide bonds. The number of aliphatic hydroxyl groups excluding tert-OH is 1. The van der Waals surface area contributed by atoms with E-state index in [0.29, 0.717) is 5.56 Å². The number of hydrogen-bond donors (Lipinski definition) is 2. The molecule has 0 aliphatic rings. The quantitative estimate of drug-likeness (QED) is 0.893. The lowest BCUT2D eigenvalue weighted by atomic mass is 10.0. The van der Waals surface area contributed by atoms with Gasteiger partial charge in [0.15, 0.2) is 0 Å². The van der Waals surface area contributed by atoms with Crippen molar-refractivity contribution in [3.8, 4) is 5.75 Å². The average Bonchev–Trinajstić information content (AvgIpc) is 2.26. The highest BCUT2D eigenvalue weighted by Crippen LogP contribution is 2.39. The number of hydrogen-bond acceptors (Lipinski definition) is 3. The first-order chi connectivity index (χ1) is 8.31. The Morgan fingerprint density at radius 2 is 2.06 bits per heavy atom. The Kier molecular flexibility index (Phi) is 5.01. The number of likely N-dealkylation sites (N-methyl/N-ethyl adjacent to an activating group) is 1. The first kappa shape index (κ1) is 15.3. The Labute approximate surface area is 111 Å². The molecule has 1 atom stereocenters. The second-order valence-electron chi connectivity index (χ2n) is 3.65. The van der Waals surface area contributed by atoms with Crippen LogP contribution >= 0.6 is 15.9 Å². The molecule has 0 spiro atoms. The molecule has 1 unspecified atom stereocenters. The van der Waals surface area contributed by atoms with E-state index in [-0.39, 0.29) is 16.8 Å². The van der Waals surface area contributed by atoms with Gasteiger partial charge in [-0.25, -0.2) is 0 Å². The van der Waals surface area contributed by atoms with E-state index in [1.165, 1.54) is 7.11 Å². The summed E-state index contributed by atoms with van der Waals surface area (Å²) in [4.78, 5) is 0. The van der Waals surface area contributed by atoms with Gasteiger partial charge in [-0.2, -0.15) is 13.2 Å². The summed E-state index contributed by atoms with van der Waals surface area (Å²) in [5.41, 5.74) is -0.536. The first-order valence-corrected chi connectivity index (χ1v) is 5.87. The van der Waals surface area contributed by atoms with Crippen molar-refractivity contribution in [3.05, 3.63) is 27.7 Å². The Morgan fingerprint density at radius 3 is 2.50 bits per heavy atom. The van der Waals surface area contributed by atoms with Crippen LogP contribution in [0, 0.1) is 0 Å². The van der Waals surface area contributed by atoms with Crippen molar-refractivity contribution in [2.75, 3.05) is 20.7 Å². The van der Waals surface area contributed by atoms with E-state index in [9.17, 15) is 18.3 Å². The molecule has 0 radical (unpaired) electrons. The molecule has 0 aliphatic carbocycles. The lowest BCUT2D eigenvalue weighted by Crippen LogP contribution is -2.18.